The van der Waals surface area contributed by atoms with Gasteiger partial charge in [-0.2, -0.15) is 0 Å². The Morgan fingerprint density at radius 2 is 1.90 bits per heavy atom. The summed E-state index contributed by atoms with van der Waals surface area (Å²) in [6.07, 6.45) is 2.94. The molecule has 0 amide bonds. The molecule has 3 rings (SSSR count). The molecule has 0 bridgehead atoms. The van der Waals surface area contributed by atoms with Gasteiger partial charge < -0.3 is 10.1 Å². The van der Waals surface area contributed by atoms with E-state index in [1.54, 1.807) is 0 Å². The molecule has 1 aliphatic heterocycles. The van der Waals surface area contributed by atoms with E-state index in [-0.39, 0.29) is 10.8 Å². The lowest BCUT2D eigenvalue weighted by molar-refractivity contribution is -0.177. The Hall–Kier alpha value is -1.02. The van der Waals surface area contributed by atoms with Gasteiger partial charge in [-0.3, -0.25) is 0 Å². The highest BCUT2D eigenvalue weighted by molar-refractivity contribution is 5.55. The molecular weight excluding hydrogens is 258 g/mol. The fourth-order valence-corrected chi connectivity index (χ4v) is 4.25. The molecule has 3 unspecified atom stereocenters. The quantitative estimate of drug-likeness (QED) is 0.858. The minimum absolute atomic E-state index is 0.167. The summed E-state index contributed by atoms with van der Waals surface area (Å²) in [7, 11) is 0. The van der Waals surface area contributed by atoms with Gasteiger partial charge >= 0.3 is 0 Å². The van der Waals surface area contributed by atoms with Crippen LogP contribution in [0, 0.1) is 11.3 Å². The molecular formula is C19H29NO. The second-order valence-electron chi connectivity index (χ2n) is 8.34. The van der Waals surface area contributed by atoms with Crippen LogP contribution in [-0.4, -0.2) is 18.8 Å². The molecule has 1 saturated heterocycles. The van der Waals surface area contributed by atoms with E-state index < -0.39 is 0 Å². The van der Waals surface area contributed by atoms with Crippen molar-refractivity contribution in [2.24, 2.45) is 11.3 Å². The van der Waals surface area contributed by atoms with Crippen LogP contribution in [-0.2, 0) is 10.2 Å². The summed E-state index contributed by atoms with van der Waals surface area (Å²) in [5.74, 6) is 0.668. The first-order valence-corrected chi connectivity index (χ1v) is 8.29. The predicted octanol–water partition coefficient (Wildman–Crippen LogP) is 4.60. The van der Waals surface area contributed by atoms with Gasteiger partial charge in [0, 0.05) is 29.7 Å². The molecule has 1 aliphatic carbocycles. The van der Waals surface area contributed by atoms with E-state index in [1.165, 1.54) is 24.1 Å². The van der Waals surface area contributed by atoms with Crippen molar-refractivity contribution in [1.82, 2.24) is 0 Å². The van der Waals surface area contributed by atoms with E-state index in [4.69, 9.17) is 4.74 Å². The Bertz CT molecular complexity index is 515. The topological polar surface area (TPSA) is 21.3 Å². The molecule has 116 valence electrons. The average Bonchev–Trinajstić information content (AvgIpc) is 2.44. The van der Waals surface area contributed by atoms with Gasteiger partial charge in [0.15, 0.2) is 0 Å². The number of hydrogen-bond donors (Lipinski definition) is 1. The number of ether oxygens (including phenoxy) is 1. The number of benzene rings is 1. The largest absolute Gasteiger partial charge is 0.381 e. The minimum atomic E-state index is 0.167. The van der Waals surface area contributed by atoms with Crippen molar-refractivity contribution in [3.05, 3.63) is 29.8 Å². The fourth-order valence-electron chi connectivity index (χ4n) is 4.25. The van der Waals surface area contributed by atoms with Crippen LogP contribution in [0.1, 0.15) is 53.0 Å². The molecule has 1 aromatic carbocycles. The van der Waals surface area contributed by atoms with E-state index in [0.29, 0.717) is 18.1 Å². The zero-order chi connectivity index (χ0) is 15.3. The minimum Gasteiger partial charge on any atom is -0.381 e. The number of anilines is 1. The van der Waals surface area contributed by atoms with E-state index in [0.717, 1.165) is 6.61 Å². The van der Waals surface area contributed by atoms with Gasteiger partial charge in [0.2, 0.25) is 0 Å². The molecule has 1 heterocycles. The molecule has 0 spiro atoms. The van der Waals surface area contributed by atoms with Crippen LogP contribution in [0.5, 0.6) is 0 Å². The summed E-state index contributed by atoms with van der Waals surface area (Å²) in [4.78, 5) is 0. The molecule has 2 fully saturated rings. The van der Waals surface area contributed by atoms with Crippen LogP contribution in [0.25, 0.3) is 0 Å². The molecule has 2 heteroatoms. The number of hydrogen-bond acceptors (Lipinski definition) is 2. The van der Waals surface area contributed by atoms with Gasteiger partial charge in [-0.1, -0.05) is 52.8 Å². The lowest BCUT2D eigenvalue weighted by atomic mass is 9.55. The molecule has 21 heavy (non-hydrogen) atoms. The van der Waals surface area contributed by atoms with Crippen molar-refractivity contribution in [2.45, 2.75) is 65.0 Å². The number of fused-ring (bicyclic) bond motifs is 1. The van der Waals surface area contributed by atoms with Crippen LogP contribution in [0.3, 0.4) is 0 Å². The zero-order valence-electron chi connectivity index (χ0n) is 14.1. The number of nitrogens with one attached hydrogen (secondary N) is 1. The van der Waals surface area contributed by atoms with Crippen molar-refractivity contribution in [1.29, 1.82) is 0 Å². The van der Waals surface area contributed by atoms with E-state index >= 15 is 0 Å². The third-order valence-corrected chi connectivity index (χ3v) is 5.38. The maximum atomic E-state index is 6.02. The van der Waals surface area contributed by atoms with Gasteiger partial charge in [0.1, 0.15) is 0 Å². The van der Waals surface area contributed by atoms with E-state index in [9.17, 15) is 0 Å². The van der Waals surface area contributed by atoms with Crippen molar-refractivity contribution in [3.8, 4) is 0 Å². The van der Waals surface area contributed by atoms with Crippen LogP contribution in [0.2, 0.25) is 0 Å². The molecule has 0 radical (unpaired) electrons. The second kappa shape index (κ2) is 5.01. The highest BCUT2D eigenvalue weighted by Crippen LogP contribution is 2.52. The summed E-state index contributed by atoms with van der Waals surface area (Å²) in [6, 6.07) is 9.28. The van der Waals surface area contributed by atoms with Crippen LogP contribution >= 0.6 is 0 Å². The predicted molar refractivity (Wildman–Crippen MR) is 88.8 cm³/mol. The maximum absolute atomic E-state index is 6.02. The summed E-state index contributed by atoms with van der Waals surface area (Å²) in [5, 5.41) is 3.86. The highest BCUT2D eigenvalue weighted by atomic mass is 16.5. The monoisotopic (exact) mass is 287 g/mol. The van der Waals surface area contributed by atoms with Gasteiger partial charge in [-0.25, -0.2) is 0 Å². The van der Waals surface area contributed by atoms with Gasteiger partial charge in [-0.05, 0) is 29.9 Å². The summed E-state index contributed by atoms with van der Waals surface area (Å²) in [5.41, 5.74) is 3.09. The second-order valence-corrected chi connectivity index (χ2v) is 8.34. The Balaban J connectivity index is 1.84. The Labute approximate surface area is 129 Å². The number of para-hydroxylation sites is 1. The smallest absolute Gasteiger partial charge is 0.0693 e. The number of rotatable bonds is 2. The zero-order valence-corrected chi connectivity index (χ0v) is 14.1. The summed E-state index contributed by atoms with van der Waals surface area (Å²) >= 11 is 0. The third kappa shape index (κ3) is 2.48. The van der Waals surface area contributed by atoms with Crippen LogP contribution in [0.4, 0.5) is 5.69 Å². The first-order chi connectivity index (χ1) is 9.82. The summed E-state index contributed by atoms with van der Waals surface area (Å²) < 4.78 is 6.02. The van der Waals surface area contributed by atoms with Gasteiger partial charge in [0.25, 0.3) is 0 Å². The van der Waals surface area contributed by atoms with Crippen molar-refractivity contribution in [3.63, 3.8) is 0 Å². The fraction of sp³-hybridized carbons (Fsp3) is 0.684. The molecule has 1 saturated carbocycles. The molecule has 1 aromatic rings. The maximum Gasteiger partial charge on any atom is 0.0693 e. The average molecular weight is 287 g/mol. The third-order valence-electron chi connectivity index (χ3n) is 5.38. The Kier molecular flexibility index (Phi) is 3.56. The van der Waals surface area contributed by atoms with E-state index in [2.05, 4.69) is 64.2 Å². The molecule has 3 atom stereocenters. The first-order valence-electron chi connectivity index (χ1n) is 8.29. The SMILES string of the molecule is CC(C)(C)c1ccccc1NC1C2CCCOC2C1(C)C. The molecule has 1 N–H and O–H groups in total. The van der Waals surface area contributed by atoms with Crippen molar-refractivity contribution >= 4 is 5.69 Å². The molecule has 0 aromatic heterocycles. The van der Waals surface area contributed by atoms with E-state index in [1.807, 2.05) is 0 Å². The Morgan fingerprint density at radius 3 is 2.62 bits per heavy atom. The standard InChI is InChI=1S/C19H29NO/c1-18(2,3)14-10-6-7-11-15(14)20-16-13-9-8-12-21-17(13)19(16,4)5/h6-7,10-11,13,16-17,20H,8-9,12H2,1-5H3. The van der Waals surface area contributed by atoms with Crippen LogP contribution in [0.15, 0.2) is 24.3 Å². The summed E-state index contributed by atoms with van der Waals surface area (Å²) in [6.45, 7) is 12.5. The first kappa shape index (κ1) is 14.9. The van der Waals surface area contributed by atoms with Crippen molar-refractivity contribution in [2.75, 3.05) is 11.9 Å². The Morgan fingerprint density at radius 1 is 1.19 bits per heavy atom. The normalized spacial score (nSPS) is 31.2. The van der Waals surface area contributed by atoms with Gasteiger partial charge in [0.05, 0.1) is 6.10 Å². The lowest BCUT2D eigenvalue weighted by Crippen LogP contribution is -2.67. The van der Waals surface area contributed by atoms with Crippen LogP contribution < -0.4 is 5.32 Å². The molecule has 2 aliphatic rings. The highest BCUT2D eigenvalue weighted by Gasteiger charge is 2.58. The van der Waals surface area contributed by atoms with Crippen molar-refractivity contribution < 1.29 is 4.74 Å². The molecule has 2 nitrogen and oxygen atoms in total. The lowest BCUT2D eigenvalue weighted by Gasteiger charge is -2.60. The van der Waals surface area contributed by atoms with Gasteiger partial charge in [-0.15, -0.1) is 0 Å².